The van der Waals surface area contributed by atoms with Crippen LogP contribution in [0.25, 0.3) is 0 Å². The van der Waals surface area contributed by atoms with E-state index >= 15 is 0 Å². The molecule has 0 unspecified atom stereocenters. The second-order valence-electron chi connectivity index (χ2n) is 5.24. The van der Waals surface area contributed by atoms with E-state index in [9.17, 15) is 19.8 Å². The maximum absolute atomic E-state index is 12.0. The predicted molar refractivity (Wildman–Crippen MR) is 89.8 cm³/mol. The number of ether oxygens (including phenoxy) is 1. The highest BCUT2D eigenvalue weighted by atomic mass is 16.5. The Morgan fingerprint density at radius 3 is 2.88 bits per heavy atom. The second kappa shape index (κ2) is 6.91. The third kappa shape index (κ3) is 3.52. The highest BCUT2D eigenvalue weighted by Gasteiger charge is 2.26. The number of hydrazone groups is 1. The lowest BCUT2D eigenvalue weighted by atomic mass is 10.2. The Kier molecular flexibility index (Phi) is 4.51. The van der Waals surface area contributed by atoms with Gasteiger partial charge in [-0.15, -0.1) is 0 Å². The first-order valence-corrected chi connectivity index (χ1v) is 7.41. The molecule has 25 heavy (non-hydrogen) atoms. The van der Waals surface area contributed by atoms with Crippen LogP contribution in [0.3, 0.4) is 0 Å². The zero-order valence-electron chi connectivity index (χ0n) is 13.0. The lowest BCUT2D eigenvalue weighted by molar-refractivity contribution is -0.125. The number of para-hydroxylation sites is 3. The molecule has 1 heterocycles. The molecule has 0 spiro atoms. The molecule has 0 aromatic heterocycles. The van der Waals surface area contributed by atoms with Gasteiger partial charge in [-0.3, -0.25) is 14.5 Å². The van der Waals surface area contributed by atoms with Crippen molar-refractivity contribution in [2.45, 2.75) is 0 Å². The van der Waals surface area contributed by atoms with Crippen LogP contribution in [0.4, 0.5) is 5.69 Å². The number of hydrogen-bond donors (Lipinski definition) is 3. The number of hydrogen-bond acceptors (Lipinski definition) is 6. The van der Waals surface area contributed by atoms with Crippen LogP contribution in [0.1, 0.15) is 5.56 Å². The summed E-state index contributed by atoms with van der Waals surface area (Å²) in [7, 11) is 0. The molecular formula is C17H15N3O5. The minimum absolute atomic E-state index is 0.134. The molecule has 0 atom stereocenters. The van der Waals surface area contributed by atoms with Gasteiger partial charge in [-0.1, -0.05) is 18.2 Å². The monoisotopic (exact) mass is 341 g/mol. The maximum Gasteiger partial charge on any atom is 0.265 e. The molecule has 8 nitrogen and oxygen atoms in total. The summed E-state index contributed by atoms with van der Waals surface area (Å²) in [6, 6.07) is 11.3. The number of anilines is 1. The standard InChI is InChI=1S/C17H15N3O5/c21-13-6-3-4-11(17(13)24)8-18-19-15(22)9-20-12-5-1-2-7-14(12)25-10-16(20)23/h1-8,21,24H,9-10H2,(H,19,22)/b18-8+. The molecule has 3 rings (SSSR count). The molecule has 0 saturated heterocycles. The highest BCUT2D eigenvalue weighted by molar-refractivity contribution is 6.02. The number of carbonyl (C=O) groups is 2. The Hall–Kier alpha value is -3.55. The average molecular weight is 341 g/mol. The molecular weight excluding hydrogens is 326 g/mol. The van der Waals surface area contributed by atoms with Gasteiger partial charge in [0.1, 0.15) is 12.3 Å². The number of benzene rings is 2. The van der Waals surface area contributed by atoms with Gasteiger partial charge >= 0.3 is 0 Å². The van der Waals surface area contributed by atoms with Crippen LogP contribution in [0.15, 0.2) is 47.6 Å². The Labute approximate surface area is 143 Å². The fraction of sp³-hybridized carbons (Fsp3) is 0.118. The topological polar surface area (TPSA) is 111 Å². The van der Waals surface area contributed by atoms with Crippen LogP contribution in [0, 0.1) is 0 Å². The van der Waals surface area contributed by atoms with E-state index in [1.807, 2.05) is 0 Å². The van der Waals surface area contributed by atoms with Crippen LogP contribution in [0.2, 0.25) is 0 Å². The van der Waals surface area contributed by atoms with E-state index in [0.717, 1.165) is 0 Å². The summed E-state index contributed by atoms with van der Waals surface area (Å²) < 4.78 is 5.31. The number of carbonyl (C=O) groups excluding carboxylic acids is 2. The molecule has 0 radical (unpaired) electrons. The molecule has 2 aromatic rings. The van der Waals surface area contributed by atoms with E-state index in [2.05, 4.69) is 10.5 Å². The number of rotatable bonds is 4. The molecule has 2 amide bonds. The average Bonchev–Trinajstić information content (AvgIpc) is 2.61. The van der Waals surface area contributed by atoms with Crippen molar-refractivity contribution in [1.29, 1.82) is 0 Å². The molecule has 8 heteroatoms. The molecule has 0 fully saturated rings. The van der Waals surface area contributed by atoms with E-state index in [4.69, 9.17) is 4.74 Å². The van der Waals surface area contributed by atoms with E-state index in [1.54, 1.807) is 24.3 Å². The summed E-state index contributed by atoms with van der Waals surface area (Å²) >= 11 is 0. The van der Waals surface area contributed by atoms with Crippen molar-refractivity contribution in [3.8, 4) is 17.2 Å². The van der Waals surface area contributed by atoms with E-state index in [-0.39, 0.29) is 36.1 Å². The van der Waals surface area contributed by atoms with Gasteiger partial charge in [0.15, 0.2) is 18.1 Å². The number of nitrogens with one attached hydrogen (secondary N) is 1. The molecule has 128 valence electrons. The molecule has 2 aromatic carbocycles. The quantitative estimate of drug-likeness (QED) is 0.436. The fourth-order valence-corrected chi connectivity index (χ4v) is 2.33. The normalized spacial score (nSPS) is 13.4. The summed E-state index contributed by atoms with van der Waals surface area (Å²) in [5, 5.41) is 22.8. The SMILES string of the molecule is O=C(CN1C(=O)COc2ccccc21)N/N=C/c1cccc(O)c1O. The van der Waals surface area contributed by atoms with Crippen molar-refractivity contribution >= 4 is 23.7 Å². The van der Waals surface area contributed by atoms with Gasteiger partial charge in [0, 0.05) is 5.56 Å². The van der Waals surface area contributed by atoms with Crippen LogP contribution >= 0.6 is 0 Å². The maximum atomic E-state index is 12.0. The number of phenolic OH excluding ortho intramolecular Hbond substituents is 2. The van der Waals surface area contributed by atoms with Crippen LogP contribution in [0.5, 0.6) is 17.2 Å². The van der Waals surface area contributed by atoms with Crippen molar-refractivity contribution in [2.24, 2.45) is 5.10 Å². The summed E-state index contributed by atoms with van der Waals surface area (Å²) in [6.45, 7) is -0.354. The van der Waals surface area contributed by atoms with Gasteiger partial charge in [0.05, 0.1) is 11.9 Å². The third-order valence-electron chi connectivity index (χ3n) is 3.55. The van der Waals surface area contributed by atoms with Crippen LogP contribution in [-0.2, 0) is 9.59 Å². The van der Waals surface area contributed by atoms with E-state index in [0.29, 0.717) is 11.4 Å². The predicted octanol–water partition coefficient (Wildman–Crippen LogP) is 0.973. The van der Waals surface area contributed by atoms with E-state index < -0.39 is 5.91 Å². The van der Waals surface area contributed by atoms with Crippen molar-refractivity contribution in [1.82, 2.24) is 5.43 Å². The minimum Gasteiger partial charge on any atom is -0.504 e. The van der Waals surface area contributed by atoms with Gasteiger partial charge in [-0.05, 0) is 24.3 Å². The van der Waals surface area contributed by atoms with Gasteiger partial charge in [0.25, 0.3) is 11.8 Å². The lowest BCUT2D eigenvalue weighted by Crippen LogP contribution is -2.44. The van der Waals surface area contributed by atoms with Gasteiger partial charge < -0.3 is 14.9 Å². The second-order valence-corrected chi connectivity index (χ2v) is 5.24. The summed E-state index contributed by atoms with van der Waals surface area (Å²) in [5.74, 6) is -0.934. The van der Waals surface area contributed by atoms with Gasteiger partial charge in [-0.2, -0.15) is 5.10 Å². The van der Waals surface area contributed by atoms with Gasteiger partial charge in [-0.25, -0.2) is 5.43 Å². The molecule has 0 saturated carbocycles. The van der Waals surface area contributed by atoms with Crippen LogP contribution in [-0.4, -0.2) is 41.4 Å². The van der Waals surface area contributed by atoms with E-state index in [1.165, 1.54) is 29.3 Å². The Morgan fingerprint density at radius 1 is 1.24 bits per heavy atom. The fourth-order valence-electron chi connectivity index (χ4n) is 2.33. The van der Waals surface area contributed by atoms with Crippen molar-refractivity contribution in [3.05, 3.63) is 48.0 Å². The zero-order valence-corrected chi connectivity index (χ0v) is 13.0. The first-order chi connectivity index (χ1) is 12.1. The number of fused-ring (bicyclic) bond motifs is 1. The Bertz CT molecular complexity index is 850. The van der Waals surface area contributed by atoms with Gasteiger partial charge in [0.2, 0.25) is 0 Å². The van der Waals surface area contributed by atoms with Crippen molar-refractivity contribution < 1.29 is 24.5 Å². The number of aromatic hydroxyl groups is 2. The Morgan fingerprint density at radius 2 is 2.04 bits per heavy atom. The summed E-state index contributed by atoms with van der Waals surface area (Å²) in [4.78, 5) is 25.3. The molecule has 3 N–H and O–H groups in total. The summed E-state index contributed by atoms with van der Waals surface area (Å²) in [5.41, 5.74) is 3.04. The number of amides is 2. The summed E-state index contributed by atoms with van der Waals surface area (Å²) in [6.07, 6.45) is 1.20. The third-order valence-corrected chi connectivity index (χ3v) is 3.55. The number of phenols is 2. The lowest BCUT2D eigenvalue weighted by Gasteiger charge is -2.28. The molecule has 0 aliphatic carbocycles. The number of nitrogens with zero attached hydrogens (tertiary/aromatic N) is 2. The first-order valence-electron chi connectivity index (χ1n) is 7.41. The molecule has 0 bridgehead atoms. The smallest absolute Gasteiger partial charge is 0.265 e. The molecule has 1 aliphatic rings. The van der Waals surface area contributed by atoms with Crippen molar-refractivity contribution in [3.63, 3.8) is 0 Å². The largest absolute Gasteiger partial charge is 0.504 e. The first kappa shape index (κ1) is 16.3. The van der Waals surface area contributed by atoms with Crippen LogP contribution < -0.4 is 15.1 Å². The Balaban J connectivity index is 1.66. The van der Waals surface area contributed by atoms with Crippen molar-refractivity contribution in [2.75, 3.05) is 18.1 Å². The zero-order chi connectivity index (χ0) is 17.8. The minimum atomic E-state index is -0.513. The molecule has 1 aliphatic heterocycles. The highest BCUT2D eigenvalue weighted by Crippen LogP contribution is 2.31.